The van der Waals surface area contributed by atoms with E-state index in [-0.39, 0.29) is 12.4 Å². The maximum Gasteiger partial charge on any atom is 0.254 e. The van der Waals surface area contributed by atoms with E-state index in [1.807, 2.05) is 12.1 Å². The van der Waals surface area contributed by atoms with Gasteiger partial charge in [0.25, 0.3) is 5.91 Å². The number of nitrogens with zero attached hydrogens (tertiary/aromatic N) is 2. The molecule has 0 radical (unpaired) electrons. The van der Waals surface area contributed by atoms with E-state index >= 15 is 0 Å². The van der Waals surface area contributed by atoms with Crippen LogP contribution in [0.4, 0.5) is 11.6 Å². The zero-order valence-electron chi connectivity index (χ0n) is 15.9. The fourth-order valence-electron chi connectivity index (χ4n) is 3.09. The summed E-state index contributed by atoms with van der Waals surface area (Å²) >= 11 is 0. The van der Waals surface area contributed by atoms with Crippen LogP contribution in [-0.2, 0) is 9.59 Å². The second-order valence-corrected chi connectivity index (χ2v) is 6.52. The predicted molar refractivity (Wildman–Crippen MR) is 108 cm³/mol. The average molecular weight is 406 g/mol. The Hall–Kier alpha value is -4.21. The van der Waals surface area contributed by atoms with Crippen molar-refractivity contribution in [2.24, 2.45) is 0 Å². The summed E-state index contributed by atoms with van der Waals surface area (Å²) in [5.41, 5.74) is 1.42. The van der Waals surface area contributed by atoms with Crippen molar-refractivity contribution in [1.29, 1.82) is 0 Å². The molecular formula is C20H18N6O4. The summed E-state index contributed by atoms with van der Waals surface area (Å²) in [5, 5.41) is 14.5. The van der Waals surface area contributed by atoms with Crippen molar-refractivity contribution in [3.8, 4) is 17.1 Å². The Morgan fingerprint density at radius 3 is 2.63 bits per heavy atom. The van der Waals surface area contributed by atoms with E-state index in [2.05, 4.69) is 31.1 Å². The molecule has 0 aliphatic carbocycles. The molecule has 3 aromatic rings. The molecule has 1 aliphatic heterocycles. The number of hydrogen-bond donors (Lipinski definition) is 4. The zero-order chi connectivity index (χ0) is 21.1. The number of methoxy groups -OCH3 is 1. The largest absolute Gasteiger partial charge is 0.496 e. The molecule has 0 unspecified atom stereocenters. The minimum absolute atomic E-state index is 0.0459. The quantitative estimate of drug-likeness (QED) is 0.507. The lowest BCUT2D eigenvalue weighted by Gasteiger charge is -2.13. The van der Waals surface area contributed by atoms with Crippen molar-refractivity contribution in [3.63, 3.8) is 0 Å². The van der Waals surface area contributed by atoms with E-state index in [1.54, 1.807) is 43.5 Å². The Balaban J connectivity index is 1.44. The summed E-state index contributed by atoms with van der Waals surface area (Å²) in [6, 6.07) is 12.8. The van der Waals surface area contributed by atoms with E-state index in [4.69, 9.17) is 4.74 Å². The van der Waals surface area contributed by atoms with Crippen LogP contribution >= 0.6 is 0 Å². The molecule has 0 saturated carbocycles. The number of carbonyl (C=O) groups is 3. The van der Waals surface area contributed by atoms with Gasteiger partial charge < -0.3 is 15.4 Å². The molecule has 152 valence electrons. The fourth-order valence-corrected chi connectivity index (χ4v) is 3.09. The topological polar surface area (TPSA) is 138 Å². The highest BCUT2D eigenvalue weighted by Crippen LogP contribution is 2.27. The molecule has 4 N–H and O–H groups in total. The molecule has 2 aromatic carbocycles. The van der Waals surface area contributed by atoms with Gasteiger partial charge in [0.05, 0.1) is 30.3 Å². The molecule has 0 spiro atoms. The Bertz CT molecular complexity index is 1130. The van der Waals surface area contributed by atoms with Gasteiger partial charge in [-0.3, -0.25) is 24.8 Å². The number of anilines is 2. The van der Waals surface area contributed by atoms with Crippen molar-refractivity contribution in [2.45, 2.75) is 12.5 Å². The summed E-state index contributed by atoms with van der Waals surface area (Å²) in [4.78, 5) is 41.4. The number of amides is 3. The van der Waals surface area contributed by atoms with Crippen LogP contribution < -0.4 is 20.7 Å². The third-order valence-electron chi connectivity index (χ3n) is 4.54. The molecule has 1 aromatic heterocycles. The van der Waals surface area contributed by atoms with Gasteiger partial charge in [-0.05, 0) is 24.3 Å². The van der Waals surface area contributed by atoms with Crippen molar-refractivity contribution < 1.29 is 19.1 Å². The summed E-state index contributed by atoms with van der Waals surface area (Å²) in [7, 11) is 1.54. The van der Waals surface area contributed by atoms with Gasteiger partial charge in [-0.15, -0.1) is 5.10 Å². The van der Waals surface area contributed by atoms with E-state index in [0.29, 0.717) is 28.4 Å². The van der Waals surface area contributed by atoms with Crippen molar-refractivity contribution in [3.05, 3.63) is 54.1 Å². The van der Waals surface area contributed by atoms with E-state index in [1.165, 1.54) is 0 Å². The van der Waals surface area contributed by atoms with Crippen molar-refractivity contribution in [2.75, 3.05) is 17.7 Å². The van der Waals surface area contributed by atoms with Crippen LogP contribution in [0.25, 0.3) is 11.4 Å². The van der Waals surface area contributed by atoms with Gasteiger partial charge in [0.2, 0.25) is 17.8 Å². The van der Waals surface area contributed by atoms with Crippen LogP contribution in [-0.4, -0.2) is 46.1 Å². The Morgan fingerprint density at radius 1 is 1.10 bits per heavy atom. The monoisotopic (exact) mass is 406 g/mol. The first-order chi connectivity index (χ1) is 14.5. The Kier molecular flexibility index (Phi) is 5.12. The predicted octanol–water partition coefficient (Wildman–Crippen LogP) is 1.56. The van der Waals surface area contributed by atoms with E-state index < -0.39 is 23.8 Å². The molecule has 0 saturated heterocycles. The van der Waals surface area contributed by atoms with Gasteiger partial charge in [0.1, 0.15) is 11.8 Å². The zero-order valence-corrected chi connectivity index (χ0v) is 15.9. The maximum atomic E-state index is 12.4. The number of carbonyl (C=O) groups excluding carboxylic acids is 3. The van der Waals surface area contributed by atoms with Gasteiger partial charge >= 0.3 is 0 Å². The number of nitrogens with one attached hydrogen (secondary N) is 4. The lowest BCUT2D eigenvalue weighted by Crippen LogP contribution is -2.43. The van der Waals surface area contributed by atoms with Gasteiger partial charge in [-0.25, -0.2) is 0 Å². The first-order valence-corrected chi connectivity index (χ1v) is 9.11. The molecule has 10 heteroatoms. The Labute approximate surface area is 171 Å². The molecule has 0 bridgehead atoms. The highest BCUT2D eigenvalue weighted by atomic mass is 16.5. The third-order valence-corrected chi connectivity index (χ3v) is 4.54. The van der Waals surface area contributed by atoms with Gasteiger partial charge in [0, 0.05) is 0 Å². The highest BCUT2D eigenvalue weighted by Gasteiger charge is 2.29. The number of aromatic nitrogens is 3. The second-order valence-electron chi connectivity index (χ2n) is 6.52. The fraction of sp³-hybridized carbons (Fsp3) is 0.150. The lowest BCUT2D eigenvalue weighted by molar-refractivity contribution is -0.122. The molecule has 2 heterocycles. The first-order valence-electron chi connectivity index (χ1n) is 9.11. The summed E-state index contributed by atoms with van der Waals surface area (Å²) in [6.07, 6.45) is -0.274. The minimum Gasteiger partial charge on any atom is -0.496 e. The maximum absolute atomic E-state index is 12.4. The summed E-state index contributed by atoms with van der Waals surface area (Å²) in [5.74, 6) is -0.370. The summed E-state index contributed by atoms with van der Waals surface area (Å²) < 4.78 is 5.29. The smallest absolute Gasteiger partial charge is 0.254 e. The van der Waals surface area contributed by atoms with Crippen molar-refractivity contribution >= 4 is 29.4 Å². The molecule has 1 atom stereocenters. The number of aromatic amines is 1. The van der Waals surface area contributed by atoms with Gasteiger partial charge in [-0.1, -0.05) is 24.3 Å². The molecule has 4 rings (SSSR count). The molecule has 0 fully saturated rings. The molecule has 3 amide bonds. The number of hydrogen-bond acceptors (Lipinski definition) is 6. The number of ether oxygens (including phenoxy) is 1. The van der Waals surface area contributed by atoms with Crippen LogP contribution in [0.5, 0.6) is 5.75 Å². The third kappa shape index (κ3) is 3.83. The number of H-pyrrole nitrogens is 1. The van der Waals surface area contributed by atoms with Crippen LogP contribution in [0.15, 0.2) is 48.5 Å². The van der Waals surface area contributed by atoms with Crippen LogP contribution in [0.3, 0.4) is 0 Å². The van der Waals surface area contributed by atoms with Gasteiger partial charge in [-0.2, -0.15) is 4.98 Å². The van der Waals surface area contributed by atoms with Crippen LogP contribution in [0.1, 0.15) is 16.8 Å². The number of benzene rings is 2. The van der Waals surface area contributed by atoms with Crippen LogP contribution in [0, 0.1) is 0 Å². The lowest BCUT2D eigenvalue weighted by atomic mass is 10.1. The number of para-hydroxylation sites is 2. The van der Waals surface area contributed by atoms with Crippen molar-refractivity contribution in [1.82, 2.24) is 20.5 Å². The standard InChI is InChI=1S/C20H18N6O4/c1-30-15-9-5-3-7-12(15)17-24-20(26-25-17)23-16(27)10-14-19(29)21-13-8-4-2-6-11(13)18(28)22-14/h2-9,14H,10H2,1H3,(H,21,29)(H,22,28)(H2,23,24,25,26,27)/t14-/m1/s1. The van der Waals surface area contributed by atoms with Crippen LogP contribution in [0.2, 0.25) is 0 Å². The second kappa shape index (κ2) is 8.03. The number of fused-ring (bicyclic) bond motifs is 1. The normalized spacial score (nSPS) is 15.4. The average Bonchev–Trinajstić information content (AvgIpc) is 3.17. The number of rotatable bonds is 5. The van der Waals surface area contributed by atoms with E-state index in [9.17, 15) is 14.4 Å². The molecule has 10 nitrogen and oxygen atoms in total. The SMILES string of the molecule is COc1ccccc1-c1nc(NC(=O)C[C@H]2NC(=O)c3ccccc3NC2=O)n[nH]1. The molecule has 30 heavy (non-hydrogen) atoms. The molecule has 1 aliphatic rings. The van der Waals surface area contributed by atoms with E-state index in [0.717, 1.165) is 0 Å². The highest BCUT2D eigenvalue weighted by molar-refractivity contribution is 6.11. The van der Waals surface area contributed by atoms with Gasteiger partial charge in [0.15, 0.2) is 5.82 Å². The summed E-state index contributed by atoms with van der Waals surface area (Å²) in [6.45, 7) is 0. The Morgan fingerprint density at radius 2 is 1.83 bits per heavy atom. The minimum atomic E-state index is -1.03. The molecular weight excluding hydrogens is 388 g/mol. The first kappa shape index (κ1) is 19.1.